The van der Waals surface area contributed by atoms with E-state index in [1.54, 1.807) is 11.8 Å². The molecule has 1 atom stereocenters. The first-order chi connectivity index (χ1) is 8.70. The van der Waals surface area contributed by atoms with Gasteiger partial charge in [0.1, 0.15) is 0 Å². The third-order valence-electron chi connectivity index (χ3n) is 3.59. The summed E-state index contributed by atoms with van der Waals surface area (Å²) in [5.41, 5.74) is 5.95. The van der Waals surface area contributed by atoms with Crippen molar-refractivity contribution in [3.8, 4) is 0 Å². The molecule has 106 valence electrons. The minimum Gasteiger partial charge on any atom is -0.395 e. The molecule has 18 heavy (non-hydrogen) atoms. The quantitative estimate of drug-likeness (QED) is 0.732. The Morgan fingerprint density at radius 1 is 1.44 bits per heavy atom. The fourth-order valence-electron chi connectivity index (χ4n) is 2.55. The second-order valence-corrected chi connectivity index (χ2v) is 5.92. The monoisotopic (exact) mass is 274 g/mol. The van der Waals surface area contributed by atoms with Gasteiger partial charge in [0.25, 0.3) is 0 Å². The number of thioether (sulfide) groups is 1. The van der Waals surface area contributed by atoms with Gasteiger partial charge < -0.3 is 15.7 Å². The summed E-state index contributed by atoms with van der Waals surface area (Å²) >= 11 is 1.71. The Morgan fingerprint density at radius 3 is 2.67 bits per heavy atom. The average molecular weight is 274 g/mol. The van der Waals surface area contributed by atoms with Crippen molar-refractivity contribution in [1.82, 2.24) is 4.90 Å². The van der Waals surface area contributed by atoms with Crippen LogP contribution in [0.15, 0.2) is 0 Å². The Morgan fingerprint density at radius 2 is 2.11 bits per heavy atom. The van der Waals surface area contributed by atoms with Crippen molar-refractivity contribution in [3.63, 3.8) is 0 Å². The van der Waals surface area contributed by atoms with Crippen LogP contribution in [0.3, 0.4) is 0 Å². The van der Waals surface area contributed by atoms with Crippen LogP contribution in [0.25, 0.3) is 0 Å². The SMILES string of the molecule is CSCC[C@@H](N)C(=O)N(CCO)C1CCCCC1. The third kappa shape index (κ3) is 4.78. The van der Waals surface area contributed by atoms with E-state index in [-0.39, 0.29) is 12.5 Å². The lowest BCUT2D eigenvalue weighted by atomic mass is 9.93. The van der Waals surface area contributed by atoms with Gasteiger partial charge in [-0.2, -0.15) is 11.8 Å². The van der Waals surface area contributed by atoms with Crippen LogP contribution in [-0.2, 0) is 4.79 Å². The van der Waals surface area contributed by atoms with Gasteiger partial charge in [0.15, 0.2) is 0 Å². The first-order valence-corrected chi connectivity index (χ1v) is 8.26. The van der Waals surface area contributed by atoms with E-state index in [4.69, 9.17) is 10.8 Å². The Hall–Kier alpha value is -0.260. The predicted octanol–water partition coefficient (Wildman–Crippen LogP) is 1.22. The van der Waals surface area contributed by atoms with Gasteiger partial charge >= 0.3 is 0 Å². The predicted molar refractivity (Wildman–Crippen MR) is 76.6 cm³/mol. The highest BCUT2D eigenvalue weighted by Gasteiger charge is 2.28. The molecule has 1 amide bonds. The van der Waals surface area contributed by atoms with E-state index >= 15 is 0 Å². The molecule has 0 aliphatic heterocycles. The van der Waals surface area contributed by atoms with Crippen molar-refractivity contribution in [1.29, 1.82) is 0 Å². The average Bonchev–Trinajstić information content (AvgIpc) is 2.42. The summed E-state index contributed by atoms with van der Waals surface area (Å²) in [6.45, 7) is 0.452. The van der Waals surface area contributed by atoms with Crippen LogP contribution in [0.2, 0.25) is 0 Å². The number of aliphatic hydroxyl groups is 1. The number of aliphatic hydroxyl groups excluding tert-OH is 1. The van der Waals surface area contributed by atoms with Crippen molar-refractivity contribution in [2.24, 2.45) is 5.73 Å². The molecular weight excluding hydrogens is 248 g/mol. The summed E-state index contributed by atoms with van der Waals surface area (Å²) in [6.07, 6.45) is 8.47. The Kier molecular flexibility index (Phi) is 7.70. The number of hydrogen-bond donors (Lipinski definition) is 2. The molecule has 0 aromatic heterocycles. The zero-order valence-electron chi connectivity index (χ0n) is 11.3. The number of rotatable bonds is 7. The minimum atomic E-state index is -0.411. The van der Waals surface area contributed by atoms with Crippen molar-refractivity contribution < 1.29 is 9.90 Å². The van der Waals surface area contributed by atoms with Crippen LogP contribution in [-0.4, -0.2) is 53.2 Å². The molecular formula is C13H26N2O2S. The first-order valence-electron chi connectivity index (χ1n) is 6.86. The molecule has 1 saturated carbocycles. The maximum absolute atomic E-state index is 12.3. The van der Waals surface area contributed by atoms with Gasteiger partial charge in [0.2, 0.25) is 5.91 Å². The number of hydrogen-bond acceptors (Lipinski definition) is 4. The summed E-state index contributed by atoms with van der Waals surface area (Å²) in [6, 6.07) is -0.121. The van der Waals surface area contributed by atoms with E-state index in [1.807, 2.05) is 11.2 Å². The van der Waals surface area contributed by atoms with Crippen molar-refractivity contribution in [2.45, 2.75) is 50.6 Å². The molecule has 1 aliphatic carbocycles. The maximum atomic E-state index is 12.3. The molecule has 0 aromatic carbocycles. The molecule has 0 radical (unpaired) electrons. The summed E-state index contributed by atoms with van der Waals surface area (Å²) in [5, 5.41) is 9.14. The van der Waals surface area contributed by atoms with Gasteiger partial charge in [0, 0.05) is 12.6 Å². The van der Waals surface area contributed by atoms with Gasteiger partial charge in [0.05, 0.1) is 12.6 Å². The fourth-order valence-corrected chi connectivity index (χ4v) is 3.04. The standard InChI is InChI=1S/C13H26N2O2S/c1-18-10-7-12(14)13(17)15(8-9-16)11-5-3-2-4-6-11/h11-12,16H,2-10,14H2,1H3/t12-/m1/s1. The number of amides is 1. The van der Waals surface area contributed by atoms with Crippen molar-refractivity contribution >= 4 is 17.7 Å². The summed E-state index contributed by atoms with van der Waals surface area (Å²) in [7, 11) is 0. The van der Waals surface area contributed by atoms with Crippen LogP contribution < -0.4 is 5.73 Å². The molecule has 1 fully saturated rings. The zero-order valence-corrected chi connectivity index (χ0v) is 12.1. The molecule has 0 bridgehead atoms. The Labute approximate surface area is 114 Å². The van der Waals surface area contributed by atoms with Gasteiger partial charge in [-0.15, -0.1) is 0 Å². The maximum Gasteiger partial charge on any atom is 0.239 e. The summed E-state index contributed by atoms with van der Waals surface area (Å²) in [4.78, 5) is 14.1. The topological polar surface area (TPSA) is 66.6 Å². The highest BCUT2D eigenvalue weighted by Crippen LogP contribution is 2.23. The molecule has 0 heterocycles. The lowest BCUT2D eigenvalue weighted by molar-refractivity contribution is -0.136. The van der Waals surface area contributed by atoms with E-state index in [2.05, 4.69) is 0 Å². The number of nitrogens with zero attached hydrogens (tertiary/aromatic N) is 1. The molecule has 0 spiro atoms. The van der Waals surface area contributed by atoms with E-state index in [9.17, 15) is 4.79 Å². The molecule has 0 unspecified atom stereocenters. The Balaban J connectivity index is 2.55. The van der Waals surface area contributed by atoms with Crippen LogP contribution >= 0.6 is 11.8 Å². The van der Waals surface area contributed by atoms with E-state index in [1.165, 1.54) is 19.3 Å². The third-order valence-corrected chi connectivity index (χ3v) is 4.23. The second kappa shape index (κ2) is 8.77. The van der Waals surface area contributed by atoms with Crippen molar-refractivity contribution in [2.75, 3.05) is 25.2 Å². The lowest BCUT2D eigenvalue weighted by Crippen LogP contribution is -2.50. The molecule has 3 N–H and O–H groups in total. The number of carbonyl (C=O) groups is 1. The summed E-state index contributed by atoms with van der Waals surface area (Å²) in [5.74, 6) is 0.926. The van der Waals surface area contributed by atoms with E-state index in [0.29, 0.717) is 19.0 Å². The minimum absolute atomic E-state index is 0.0185. The van der Waals surface area contributed by atoms with Crippen LogP contribution in [0, 0.1) is 0 Å². The highest BCUT2D eigenvalue weighted by molar-refractivity contribution is 7.98. The molecule has 1 rings (SSSR count). The van der Waals surface area contributed by atoms with Gasteiger partial charge in [-0.3, -0.25) is 4.79 Å². The highest BCUT2D eigenvalue weighted by atomic mass is 32.2. The molecule has 1 aliphatic rings. The van der Waals surface area contributed by atoms with Crippen LogP contribution in [0.1, 0.15) is 38.5 Å². The van der Waals surface area contributed by atoms with Crippen molar-refractivity contribution in [3.05, 3.63) is 0 Å². The Bertz CT molecular complexity index is 245. The molecule has 4 nitrogen and oxygen atoms in total. The van der Waals surface area contributed by atoms with E-state index in [0.717, 1.165) is 18.6 Å². The molecule has 0 saturated heterocycles. The molecule has 0 aromatic rings. The number of carbonyl (C=O) groups excluding carboxylic acids is 1. The fraction of sp³-hybridized carbons (Fsp3) is 0.923. The summed E-state index contributed by atoms with van der Waals surface area (Å²) < 4.78 is 0. The number of nitrogens with two attached hydrogens (primary N) is 1. The van der Waals surface area contributed by atoms with E-state index < -0.39 is 6.04 Å². The van der Waals surface area contributed by atoms with Crippen LogP contribution in [0.5, 0.6) is 0 Å². The van der Waals surface area contributed by atoms with Gasteiger partial charge in [-0.25, -0.2) is 0 Å². The smallest absolute Gasteiger partial charge is 0.239 e. The molecule has 5 heteroatoms. The normalized spacial score (nSPS) is 18.6. The van der Waals surface area contributed by atoms with Gasteiger partial charge in [-0.1, -0.05) is 19.3 Å². The second-order valence-electron chi connectivity index (χ2n) is 4.94. The zero-order chi connectivity index (χ0) is 13.4. The van der Waals surface area contributed by atoms with Gasteiger partial charge in [-0.05, 0) is 31.3 Å². The first kappa shape index (κ1) is 15.8. The van der Waals surface area contributed by atoms with Crippen LogP contribution in [0.4, 0.5) is 0 Å². The lowest BCUT2D eigenvalue weighted by Gasteiger charge is -2.35. The largest absolute Gasteiger partial charge is 0.395 e.